The first-order valence-corrected chi connectivity index (χ1v) is 7.79. The Morgan fingerprint density at radius 3 is 2.44 bits per heavy atom. The number of sulfonamides is 1. The van der Waals surface area contributed by atoms with Crippen molar-refractivity contribution in [3.8, 4) is 0 Å². The molecule has 0 spiro atoms. The van der Waals surface area contributed by atoms with Gasteiger partial charge in [0.05, 0.1) is 5.75 Å². The largest absolute Gasteiger partial charge is 0.320 e. The Hall–Kier alpha value is -0.130. The Morgan fingerprint density at radius 2 is 1.88 bits per heavy atom. The van der Waals surface area contributed by atoms with Crippen LogP contribution in [0.3, 0.4) is 0 Å². The minimum atomic E-state index is -3.04. The Kier molecular flexibility index (Phi) is 5.72. The Bertz CT molecular complexity index is 284. The Balaban J connectivity index is 2.46. The smallest absolute Gasteiger partial charge is 0.214 e. The summed E-state index contributed by atoms with van der Waals surface area (Å²) in [5.41, 5.74) is 0. The average molecular weight is 248 g/mol. The summed E-state index contributed by atoms with van der Waals surface area (Å²) in [5.74, 6) is 0.265. The molecule has 0 aromatic rings. The van der Waals surface area contributed by atoms with E-state index in [2.05, 4.69) is 5.32 Å². The zero-order valence-electron chi connectivity index (χ0n) is 10.4. The van der Waals surface area contributed by atoms with Crippen LogP contribution in [0.4, 0.5) is 0 Å². The minimum absolute atomic E-state index is 0.244. The van der Waals surface area contributed by atoms with E-state index in [9.17, 15) is 8.42 Å². The van der Waals surface area contributed by atoms with Crippen molar-refractivity contribution in [2.75, 3.05) is 26.4 Å². The summed E-state index contributed by atoms with van der Waals surface area (Å²) in [5, 5.41) is 2.98. The van der Waals surface area contributed by atoms with Crippen LogP contribution < -0.4 is 5.32 Å². The lowest BCUT2D eigenvalue weighted by Gasteiger charge is -2.30. The second-order valence-corrected chi connectivity index (χ2v) is 6.73. The van der Waals surface area contributed by atoms with Crippen LogP contribution in [0.5, 0.6) is 0 Å². The van der Waals surface area contributed by atoms with Crippen LogP contribution in [-0.4, -0.2) is 45.2 Å². The molecule has 1 saturated carbocycles. The number of hydrogen-bond donors (Lipinski definition) is 1. The second kappa shape index (κ2) is 6.57. The van der Waals surface area contributed by atoms with E-state index in [1.165, 1.54) is 19.3 Å². The van der Waals surface area contributed by atoms with Crippen molar-refractivity contribution in [2.45, 2.75) is 44.6 Å². The molecule has 16 heavy (non-hydrogen) atoms. The van der Waals surface area contributed by atoms with Gasteiger partial charge in [0.2, 0.25) is 10.0 Å². The van der Waals surface area contributed by atoms with Gasteiger partial charge in [0.25, 0.3) is 0 Å². The maximum Gasteiger partial charge on any atom is 0.214 e. The summed E-state index contributed by atoms with van der Waals surface area (Å²) in [6.45, 7) is 0.762. The minimum Gasteiger partial charge on any atom is -0.320 e. The van der Waals surface area contributed by atoms with E-state index in [-0.39, 0.29) is 11.8 Å². The van der Waals surface area contributed by atoms with Crippen LogP contribution >= 0.6 is 0 Å². The van der Waals surface area contributed by atoms with Gasteiger partial charge in [-0.25, -0.2) is 12.7 Å². The third-order valence-corrected chi connectivity index (χ3v) is 5.34. The van der Waals surface area contributed by atoms with Gasteiger partial charge in [0.1, 0.15) is 0 Å². The van der Waals surface area contributed by atoms with Crippen molar-refractivity contribution in [2.24, 2.45) is 0 Å². The third-order valence-electron chi connectivity index (χ3n) is 3.36. The summed E-state index contributed by atoms with van der Waals surface area (Å²) >= 11 is 0. The molecule has 1 N–H and O–H groups in total. The van der Waals surface area contributed by atoms with Crippen molar-refractivity contribution in [1.29, 1.82) is 0 Å². The van der Waals surface area contributed by atoms with Gasteiger partial charge in [0.15, 0.2) is 0 Å². The molecule has 0 heterocycles. The summed E-state index contributed by atoms with van der Waals surface area (Å²) in [6, 6.07) is 0.244. The maximum absolute atomic E-state index is 12.0. The highest BCUT2D eigenvalue weighted by Gasteiger charge is 2.26. The number of rotatable bonds is 6. The van der Waals surface area contributed by atoms with Crippen LogP contribution in [0, 0.1) is 0 Å². The van der Waals surface area contributed by atoms with Crippen molar-refractivity contribution < 1.29 is 8.42 Å². The fourth-order valence-corrected chi connectivity index (χ4v) is 3.71. The molecule has 0 aromatic heterocycles. The summed E-state index contributed by atoms with van der Waals surface area (Å²) in [7, 11) is 0.547. The van der Waals surface area contributed by atoms with E-state index in [1.54, 1.807) is 11.4 Å². The van der Waals surface area contributed by atoms with E-state index in [1.807, 2.05) is 7.05 Å². The highest BCUT2D eigenvalue weighted by atomic mass is 32.2. The molecule has 1 aliphatic rings. The molecular formula is C11H24N2O2S. The molecular weight excluding hydrogens is 224 g/mol. The molecule has 0 aromatic carbocycles. The highest BCUT2D eigenvalue weighted by molar-refractivity contribution is 7.89. The lowest BCUT2D eigenvalue weighted by atomic mass is 9.96. The first-order valence-electron chi connectivity index (χ1n) is 6.18. The van der Waals surface area contributed by atoms with Gasteiger partial charge in [-0.2, -0.15) is 0 Å². The van der Waals surface area contributed by atoms with E-state index in [0.717, 1.165) is 19.4 Å². The zero-order chi connectivity index (χ0) is 12.0. The normalized spacial score (nSPS) is 19.2. The highest BCUT2D eigenvalue weighted by Crippen LogP contribution is 2.23. The predicted molar refractivity (Wildman–Crippen MR) is 67.0 cm³/mol. The van der Waals surface area contributed by atoms with E-state index >= 15 is 0 Å². The van der Waals surface area contributed by atoms with Gasteiger partial charge >= 0.3 is 0 Å². The molecule has 5 heteroatoms. The van der Waals surface area contributed by atoms with Crippen molar-refractivity contribution in [3.05, 3.63) is 0 Å². The van der Waals surface area contributed by atoms with E-state index < -0.39 is 10.0 Å². The fourth-order valence-electron chi connectivity index (χ4n) is 2.25. The molecule has 0 bridgehead atoms. The quantitative estimate of drug-likeness (QED) is 0.718. The zero-order valence-corrected chi connectivity index (χ0v) is 11.2. The number of nitrogens with one attached hydrogen (secondary N) is 1. The molecule has 4 nitrogen and oxygen atoms in total. The van der Waals surface area contributed by atoms with Crippen LogP contribution in [0.15, 0.2) is 0 Å². The Labute approximate surface area is 99.5 Å². The van der Waals surface area contributed by atoms with Gasteiger partial charge in [-0.1, -0.05) is 19.3 Å². The van der Waals surface area contributed by atoms with Crippen molar-refractivity contribution in [1.82, 2.24) is 9.62 Å². The first-order chi connectivity index (χ1) is 7.58. The molecule has 0 atom stereocenters. The Morgan fingerprint density at radius 1 is 1.25 bits per heavy atom. The predicted octanol–water partition coefficient (Wildman–Crippen LogP) is 1.19. The van der Waals surface area contributed by atoms with Gasteiger partial charge in [-0.05, 0) is 32.9 Å². The van der Waals surface area contributed by atoms with Gasteiger partial charge in [-0.15, -0.1) is 0 Å². The SMILES string of the molecule is CNCCCS(=O)(=O)N(C)C1CCCCC1. The van der Waals surface area contributed by atoms with Crippen LogP contribution in [0.25, 0.3) is 0 Å². The average Bonchev–Trinajstić information content (AvgIpc) is 2.29. The first kappa shape index (κ1) is 13.9. The van der Waals surface area contributed by atoms with E-state index in [0.29, 0.717) is 6.42 Å². The van der Waals surface area contributed by atoms with Crippen LogP contribution in [0.2, 0.25) is 0 Å². The third kappa shape index (κ3) is 4.03. The van der Waals surface area contributed by atoms with E-state index in [4.69, 9.17) is 0 Å². The molecule has 1 rings (SSSR count). The second-order valence-electron chi connectivity index (χ2n) is 4.58. The number of nitrogens with zero attached hydrogens (tertiary/aromatic N) is 1. The molecule has 0 saturated heterocycles. The molecule has 1 fully saturated rings. The molecule has 0 amide bonds. The van der Waals surface area contributed by atoms with Crippen LogP contribution in [0.1, 0.15) is 38.5 Å². The van der Waals surface area contributed by atoms with Crippen LogP contribution in [-0.2, 0) is 10.0 Å². The van der Waals surface area contributed by atoms with Crippen molar-refractivity contribution >= 4 is 10.0 Å². The summed E-state index contributed by atoms with van der Waals surface area (Å²) in [4.78, 5) is 0. The fraction of sp³-hybridized carbons (Fsp3) is 1.00. The monoisotopic (exact) mass is 248 g/mol. The summed E-state index contributed by atoms with van der Waals surface area (Å²) in [6.07, 6.45) is 6.34. The summed E-state index contributed by atoms with van der Waals surface area (Å²) < 4.78 is 25.6. The van der Waals surface area contributed by atoms with Gasteiger partial charge < -0.3 is 5.32 Å². The topological polar surface area (TPSA) is 49.4 Å². The standard InChI is InChI=1S/C11H24N2O2S/c1-12-9-6-10-16(14,15)13(2)11-7-4-3-5-8-11/h11-12H,3-10H2,1-2H3. The molecule has 0 radical (unpaired) electrons. The molecule has 0 aliphatic heterocycles. The lowest BCUT2D eigenvalue weighted by molar-refractivity contribution is 0.285. The van der Waals surface area contributed by atoms with Gasteiger partial charge in [0, 0.05) is 13.1 Å². The van der Waals surface area contributed by atoms with Gasteiger partial charge in [-0.3, -0.25) is 0 Å². The molecule has 1 aliphatic carbocycles. The maximum atomic E-state index is 12.0. The molecule has 0 unspecified atom stereocenters. The lowest BCUT2D eigenvalue weighted by Crippen LogP contribution is -2.39. The molecule has 96 valence electrons. The van der Waals surface area contributed by atoms with Crippen molar-refractivity contribution in [3.63, 3.8) is 0 Å². The number of hydrogen-bond acceptors (Lipinski definition) is 3.